The van der Waals surface area contributed by atoms with E-state index in [1.54, 1.807) is 6.92 Å². The summed E-state index contributed by atoms with van der Waals surface area (Å²) in [4.78, 5) is -1.12. The topological polar surface area (TPSA) is 94.5 Å². The van der Waals surface area contributed by atoms with E-state index in [1.807, 2.05) is 4.72 Å². The van der Waals surface area contributed by atoms with Crippen molar-refractivity contribution in [2.75, 3.05) is 11.8 Å². The number of aromatic nitrogens is 1. The molecule has 1 aromatic heterocycles. The van der Waals surface area contributed by atoms with Crippen LogP contribution in [0.25, 0.3) is 0 Å². The number of nitrogens with one attached hydrogen (secondary N) is 1. The van der Waals surface area contributed by atoms with Crippen molar-refractivity contribution in [2.24, 2.45) is 0 Å². The van der Waals surface area contributed by atoms with Crippen LogP contribution in [0.5, 0.6) is 0 Å². The molecule has 1 heterocycles. The van der Waals surface area contributed by atoms with Gasteiger partial charge in [-0.15, -0.1) is 0 Å². The molecule has 15 heteroatoms. The molecule has 2 aliphatic carbocycles. The van der Waals surface area contributed by atoms with Crippen LogP contribution in [-0.2, 0) is 37.6 Å². The summed E-state index contributed by atoms with van der Waals surface area (Å²) < 4.78 is 169. The smallest absolute Gasteiger partial charge is 0.267 e. The number of methoxy groups -OCH3 is 1. The Hall–Kier alpha value is -3.04. The van der Waals surface area contributed by atoms with Gasteiger partial charge in [-0.1, -0.05) is 17.7 Å². The van der Waals surface area contributed by atoms with Gasteiger partial charge >= 0.3 is 0 Å². The minimum Gasteiger partial charge on any atom is -0.372 e. The number of anilines is 1. The molecule has 228 valence electrons. The van der Waals surface area contributed by atoms with Crippen LogP contribution in [0, 0.1) is 18.6 Å². The van der Waals surface area contributed by atoms with Crippen LogP contribution in [-0.4, -0.2) is 45.8 Å². The van der Waals surface area contributed by atoms with Crippen LogP contribution in [0.4, 0.5) is 32.0 Å². The normalized spacial score (nSPS) is 22.1. The van der Waals surface area contributed by atoms with E-state index in [0.717, 1.165) is 0 Å². The maximum Gasteiger partial charge on any atom is 0.267 e. The van der Waals surface area contributed by atoms with Gasteiger partial charge in [0.1, 0.15) is 22.1 Å². The van der Waals surface area contributed by atoms with Crippen molar-refractivity contribution in [3.8, 4) is 0 Å². The van der Waals surface area contributed by atoms with Gasteiger partial charge in [-0.05, 0) is 55.0 Å². The van der Waals surface area contributed by atoms with Gasteiger partial charge in [0.2, 0.25) is 5.92 Å². The van der Waals surface area contributed by atoms with Gasteiger partial charge in [-0.2, -0.15) is 0 Å². The molecule has 0 unspecified atom stereocenters. The van der Waals surface area contributed by atoms with E-state index in [2.05, 4.69) is 0 Å². The monoisotopic (exact) mass is 639 g/mol. The molecule has 2 aromatic carbocycles. The predicted molar refractivity (Wildman–Crippen MR) is 140 cm³/mol. The summed E-state index contributed by atoms with van der Waals surface area (Å²) in [6.07, 6.45) is -6.57. The first-order chi connectivity index (χ1) is 20.6. The summed E-state index contributed by atoms with van der Waals surface area (Å²) in [5.41, 5.74) is -4.10. The third kappa shape index (κ3) is 5.19. The summed E-state index contributed by atoms with van der Waals surface area (Å²) >= 11 is 0. The summed E-state index contributed by atoms with van der Waals surface area (Å²) in [5, 5.41) is 0. The average molecular weight is 640 g/mol. The predicted octanol–water partition coefficient (Wildman–Crippen LogP) is 5.76. The fraction of sp³-hybridized carbons (Fsp3) is 0.407. The van der Waals surface area contributed by atoms with Crippen LogP contribution in [0.3, 0.4) is 0 Å². The maximum absolute atomic E-state index is 15.0. The highest BCUT2D eigenvalue weighted by Gasteiger charge is 2.48. The Morgan fingerprint density at radius 3 is 2.33 bits per heavy atom. The minimum absolute atomic E-state index is 0.280. The Kier molecular flexibility index (Phi) is 6.52. The average Bonchev–Trinajstić information content (AvgIpc) is 3.28. The first kappa shape index (κ1) is 26.6. The number of ether oxygens (including phenoxy) is 1. The number of rotatable bonds is 8. The van der Waals surface area contributed by atoms with E-state index in [4.69, 9.17) is 8.85 Å². The van der Waals surface area contributed by atoms with E-state index in [-0.39, 0.29) is 16.0 Å². The van der Waals surface area contributed by atoms with Crippen molar-refractivity contribution in [2.45, 2.75) is 72.7 Å². The number of hydrogen-bond acceptors (Lipinski definition) is 5. The number of nitrogens with zero attached hydrogens (tertiary/aromatic N) is 1. The Bertz CT molecular complexity index is 1860. The van der Waals surface area contributed by atoms with Gasteiger partial charge in [0.25, 0.3) is 26.5 Å². The second kappa shape index (κ2) is 10.3. The van der Waals surface area contributed by atoms with Crippen molar-refractivity contribution in [3.63, 3.8) is 0 Å². The summed E-state index contributed by atoms with van der Waals surface area (Å²) in [7, 11) is -13.0. The highest BCUT2D eigenvalue weighted by atomic mass is 32.2. The molecule has 3 aromatic rings. The summed E-state index contributed by atoms with van der Waals surface area (Å²) in [6.45, 7) is 1.67. The molecule has 1 atom stereocenters. The van der Waals surface area contributed by atoms with Crippen molar-refractivity contribution in [1.29, 1.82) is 0 Å². The van der Waals surface area contributed by atoms with E-state index < -0.39 is 111 Å². The van der Waals surface area contributed by atoms with Crippen LogP contribution < -0.4 is 4.72 Å². The Morgan fingerprint density at radius 2 is 1.74 bits per heavy atom. The first-order valence-corrected chi connectivity index (χ1v) is 15.5. The molecule has 0 bridgehead atoms. The molecule has 1 N–H and O–H groups in total. The third-order valence-corrected chi connectivity index (χ3v) is 10.9. The van der Waals surface area contributed by atoms with Crippen molar-refractivity contribution < 1.29 is 52.0 Å². The number of aryl methyl sites for hydroxylation is 1. The van der Waals surface area contributed by atoms with Gasteiger partial charge in [-0.25, -0.2) is 47.2 Å². The lowest BCUT2D eigenvalue weighted by molar-refractivity contribution is -0.128. The number of benzene rings is 2. The molecular formula is C27H26F6N2O5S2. The lowest BCUT2D eigenvalue weighted by atomic mass is 9.76. The Labute approximate surface area is 242 Å². The molecule has 0 aliphatic heterocycles. The summed E-state index contributed by atoms with van der Waals surface area (Å²) in [6, 6.07) is 6.34. The molecule has 1 fully saturated rings. The van der Waals surface area contributed by atoms with Crippen molar-refractivity contribution in [3.05, 3.63) is 76.6 Å². The van der Waals surface area contributed by atoms with Gasteiger partial charge in [0, 0.05) is 44.3 Å². The van der Waals surface area contributed by atoms with Crippen LogP contribution >= 0.6 is 0 Å². The van der Waals surface area contributed by atoms with Crippen LogP contribution in [0.15, 0.2) is 52.4 Å². The molecule has 5 rings (SSSR count). The molecule has 0 radical (unpaired) electrons. The Balaban J connectivity index is 1.60. The zero-order valence-corrected chi connectivity index (χ0v) is 23.4. The molecule has 0 saturated heterocycles. The number of hydrogen-bond donors (Lipinski definition) is 1. The fourth-order valence-corrected chi connectivity index (χ4v) is 8.15. The van der Waals surface area contributed by atoms with Crippen LogP contribution in [0.1, 0.15) is 51.7 Å². The first-order valence-electron chi connectivity index (χ1n) is 14.1. The molecule has 42 heavy (non-hydrogen) atoms. The highest BCUT2D eigenvalue weighted by molar-refractivity contribution is 7.93. The van der Waals surface area contributed by atoms with E-state index in [1.165, 1.54) is 24.3 Å². The molecule has 7 nitrogen and oxygen atoms in total. The van der Waals surface area contributed by atoms with Gasteiger partial charge in [0.05, 0.1) is 14.7 Å². The van der Waals surface area contributed by atoms with Gasteiger partial charge < -0.3 is 4.74 Å². The second-order valence-electron chi connectivity index (χ2n) is 10.6. The Morgan fingerprint density at radius 1 is 1.07 bits per heavy atom. The number of fused-ring (bicyclic) bond motifs is 1. The second-order valence-corrected chi connectivity index (χ2v) is 14.1. The molecule has 0 amide bonds. The standard InChI is InChI=1S/C27H26F6N2O5S2/c1-15-3-5-17(6-4-15)42(38,39)35-14-24(18-7-8-26(40-2,25(30)31)13-23(18)35)41(36,37)34-22-10-20(28)19(9-21(22)29)16-11-27(32,33)12-16/h3-6,9-10,14,16,25,34H,7-8,11-13H2,1-2H3/t26-/m1/s1/i2D3. The lowest BCUT2D eigenvalue weighted by Gasteiger charge is -2.35. The number of alkyl halides is 4. The van der Waals surface area contributed by atoms with Crippen LogP contribution in [0.2, 0.25) is 0 Å². The molecular weight excluding hydrogens is 610 g/mol. The highest BCUT2D eigenvalue weighted by Crippen LogP contribution is 2.49. The quantitative estimate of drug-likeness (QED) is 0.316. The van der Waals surface area contributed by atoms with E-state index >= 15 is 0 Å². The third-order valence-electron chi connectivity index (χ3n) is 7.74. The number of sulfonamides is 1. The number of halogens is 6. The van der Waals surface area contributed by atoms with E-state index in [9.17, 15) is 43.2 Å². The molecule has 1 saturated carbocycles. The lowest BCUT2D eigenvalue weighted by Crippen LogP contribution is -2.45. The summed E-state index contributed by atoms with van der Waals surface area (Å²) in [5.74, 6) is -6.47. The maximum atomic E-state index is 15.0. The minimum atomic E-state index is -4.96. The van der Waals surface area contributed by atoms with Crippen molar-refractivity contribution in [1.82, 2.24) is 3.97 Å². The zero-order chi connectivity index (χ0) is 33.3. The SMILES string of the molecule is [2H]C([2H])([2H])O[C@]1(C(F)F)CCc2c(S(=O)(=O)Nc3cc(F)c(C4CC(F)(F)C4)cc3F)cn(S(=O)(=O)c3ccc(C)cc3)c2C1. The molecule has 2 aliphatic rings. The fourth-order valence-electron chi connectivity index (χ4n) is 5.32. The van der Waals surface area contributed by atoms with Crippen molar-refractivity contribution >= 4 is 25.7 Å². The van der Waals surface area contributed by atoms with E-state index in [0.29, 0.717) is 27.9 Å². The van der Waals surface area contributed by atoms with Gasteiger partial charge in [-0.3, -0.25) is 4.72 Å². The molecule has 0 spiro atoms. The van der Waals surface area contributed by atoms with Gasteiger partial charge in [0.15, 0.2) is 0 Å². The zero-order valence-electron chi connectivity index (χ0n) is 24.8. The largest absolute Gasteiger partial charge is 0.372 e.